The van der Waals surface area contributed by atoms with E-state index in [4.69, 9.17) is 16.3 Å². The van der Waals surface area contributed by atoms with Crippen molar-refractivity contribution in [1.82, 2.24) is 0 Å². The Bertz CT molecular complexity index is 537. The number of para-hydroxylation sites is 1. The van der Waals surface area contributed by atoms with E-state index in [0.717, 1.165) is 42.5 Å². The number of carbonyl (C=O) groups excluding carboxylic acids is 2. The summed E-state index contributed by atoms with van der Waals surface area (Å²) < 4.78 is 5.68. The molecule has 0 saturated carbocycles. The number of rotatable bonds is 10. The van der Waals surface area contributed by atoms with Gasteiger partial charge in [-0.3, -0.25) is 14.5 Å². The molecule has 24 heavy (non-hydrogen) atoms. The van der Waals surface area contributed by atoms with Gasteiger partial charge in [0, 0.05) is 6.61 Å². The predicted octanol–water partition coefficient (Wildman–Crippen LogP) is 4.12. The molecular weight excluding hydrogens is 326 g/mol. The molecule has 0 bridgehead atoms. The second-order valence-electron chi connectivity index (χ2n) is 5.76. The van der Waals surface area contributed by atoms with Crippen LogP contribution in [0.4, 0.5) is 5.69 Å². The fourth-order valence-corrected chi connectivity index (χ4v) is 2.63. The summed E-state index contributed by atoms with van der Waals surface area (Å²) >= 11 is 6.05. The molecule has 1 unspecified atom stereocenters. The molecule has 0 saturated heterocycles. The smallest absolute Gasteiger partial charge is 0.254 e. The lowest BCUT2D eigenvalue weighted by atomic mass is 10.0. The highest BCUT2D eigenvalue weighted by molar-refractivity contribution is 6.43. The Labute approximate surface area is 150 Å². The predicted molar refractivity (Wildman–Crippen MR) is 98.7 cm³/mol. The standard InChI is InChI=1S/C19H28ClNO3/c1-5-8-12-24-13-21(19(23)17(20)14(4)22)18-15(6-2)10-9-11-16(18)7-3/h9-11,17H,5-8,12-13H2,1-4H3. The number of anilines is 1. The zero-order valence-corrected chi connectivity index (χ0v) is 15.9. The quantitative estimate of drug-likeness (QED) is 0.275. The number of aryl methyl sites for hydroxylation is 2. The van der Waals surface area contributed by atoms with E-state index in [-0.39, 0.29) is 12.5 Å². The average Bonchev–Trinajstić information content (AvgIpc) is 2.60. The summed E-state index contributed by atoms with van der Waals surface area (Å²) in [6.45, 7) is 8.18. The summed E-state index contributed by atoms with van der Waals surface area (Å²) in [5.41, 5.74) is 2.93. The molecule has 1 aromatic carbocycles. The zero-order chi connectivity index (χ0) is 18.1. The molecule has 0 aliphatic rings. The van der Waals surface area contributed by atoms with Crippen LogP contribution in [0.1, 0.15) is 51.7 Å². The van der Waals surface area contributed by atoms with Crippen molar-refractivity contribution in [3.63, 3.8) is 0 Å². The van der Waals surface area contributed by atoms with Crippen LogP contribution in [-0.2, 0) is 27.2 Å². The highest BCUT2D eigenvalue weighted by Gasteiger charge is 2.29. The topological polar surface area (TPSA) is 46.6 Å². The van der Waals surface area contributed by atoms with Crippen LogP contribution in [0.3, 0.4) is 0 Å². The van der Waals surface area contributed by atoms with E-state index in [1.165, 1.54) is 11.8 Å². The summed E-state index contributed by atoms with van der Waals surface area (Å²) in [6, 6.07) is 5.99. The van der Waals surface area contributed by atoms with Crippen molar-refractivity contribution in [2.24, 2.45) is 0 Å². The number of ketones is 1. The molecular formula is C19H28ClNO3. The third-order valence-corrected chi connectivity index (χ3v) is 4.43. The number of hydrogen-bond acceptors (Lipinski definition) is 3. The molecule has 0 fully saturated rings. The lowest BCUT2D eigenvalue weighted by Crippen LogP contribution is -2.42. The number of ether oxygens (including phenoxy) is 1. The van der Waals surface area contributed by atoms with Crippen LogP contribution >= 0.6 is 11.6 Å². The minimum atomic E-state index is -1.19. The minimum absolute atomic E-state index is 0.110. The van der Waals surface area contributed by atoms with E-state index in [2.05, 4.69) is 6.92 Å². The van der Waals surface area contributed by atoms with Gasteiger partial charge >= 0.3 is 0 Å². The van der Waals surface area contributed by atoms with Crippen molar-refractivity contribution in [3.05, 3.63) is 29.3 Å². The van der Waals surface area contributed by atoms with Gasteiger partial charge in [0.1, 0.15) is 6.73 Å². The van der Waals surface area contributed by atoms with E-state index >= 15 is 0 Å². The summed E-state index contributed by atoms with van der Waals surface area (Å²) in [4.78, 5) is 25.9. The molecule has 0 aromatic heterocycles. The van der Waals surface area contributed by atoms with Gasteiger partial charge in [-0.15, -0.1) is 11.6 Å². The Morgan fingerprint density at radius 1 is 1.17 bits per heavy atom. The van der Waals surface area contributed by atoms with Crippen molar-refractivity contribution >= 4 is 29.0 Å². The molecule has 1 aromatic rings. The van der Waals surface area contributed by atoms with Gasteiger partial charge in [0.15, 0.2) is 11.2 Å². The molecule has 0 heterocycles. The Kier molecular flexibility index (Phi) is 9.01. The van der Waals surface area contributed by atoms with Crippen molar-refractivity contribution in [1.29, 1.82) is 0 Å². The average molecular weight is 354 g/mol. The van der Waals surface area contributed by atoms with E-state index < -0.39 is 11.3 Å². The van der Waals surface area contributed by atoms with E-state index in [9.17, 15) is 9.59 Å². The number of Topliss-reactive ketones (excluding diaryl/α,β-unsaturated/α-hetero) is 1. The number of nitrogens with zero attached hydrogens (tertiary/aromatic N) is 1. The van der Waals surface area contributed by atoms with Gasteiger partial charge in [0.2, 0.25) is 0 Å². The summed E-state index contributed by atoms with van der Waals surface area (Å²) in [6.07, 6.45) is 3.52. The van der Waals surface area contributed by atoms with Crippen LogP contribution in [0.15, 0.2) is 18.2 Å². The number of unbranched alkanes of at least 4 members (excludes halogenated alkanes) is 1. The monoisotopic (exact) mass is 353 g/mol. The van der Waals surface area contributed by atoms with Crippen LogP contribution in [0.2, 0.25) is 0 Å². The Balaban J connectivity index is 3.21. The molecule has 0 spiro atoms. The summed E-state index contributed by atoms with van der Waals surface area (Å²) in [5, 5.41) is -1.19. The van der Waals surface area contributed by atoms with Crippen LogP contribution in [0.25, 0.3) is 0 Å². The van der Waals surface area contributed by atoms with Crippen LogP contribution in [-0.4, -0.2) is 30.4 Å². The molecule has 0 aliphatic heterocycles. The first-order valence-electron chi connectivity index (χ1n) is 8.62. The highest BCUT2D eigenvalue weighted by Crippen LogP contribution is 2.28. The van der Waals surface area contributed by atoms with Crippen molar-refractivity contribution in [2.75, 3.05) is 18.2 Å². The van der Waals surface area contributed by atoms with Crippen molar-refractivity contribution in [2.45, 2.75) is 58.8 Å². The largest absolute Gasteiger partial charge is 0.361 e. The van der Waals surface area contributed by atoms with Gasteiger partial charge < -0.3 is 4.74 Å². The van der Waals surface area contributed by atoms with Crippen molar-refractivity contribution in [3.8, 4) is 0 Å². The Morgan fingerprint density at radius 3 is 2.21 bits per heavy atom. The Hall–Kier alpha value is -1.39. The van der Waals surface area contributed by atoms with Crippen LogP contribution in [0.5, 0.6) is 0 Å². The zero-order valence-electron chi connectivity index (χ0n) is 15.1. The molecule has 1 atom stereocenters. The number of alkyl halides is 1. The van der Waals surface area contributed by atoms with Gasteiger partial charge in [-0.2, -0.15) is 0 Å². The Morgan fingerprint density at radius 2 is 1.75 bits per heavy atom. The molecule has 0 N–H and O–H groups in total. The maximum Gasteiger partial charge on any atom is 0.254 e. The summed E-state index contributed by atoms with van der Waals surface area (Å²) in [5.74, 6) is -0.775. The fourth-order valence-electron chi connectivity index (χ4n) is 2.51. The minimum Gasteiger partial charge on any atom is -0.361 e. The number of hydrogen-bond donors (Lipinski definition) is 0. The maximum absolute atomic E-state index is 12.8. The molecule has 134 valence electrons. The van der Waals surface area contributed by atoms with Gasteiger partial charge in [-0.05, 0) is 37.3 Å². The van der Waals surface area contributed by atoms with Crippen LogP contribution in [0, 0.1) is 0 Å². The number of benzene rings is 1. The highest BCUT2D eigenvalue weighted by atomic mass is 35.5. The molecule has 0 aliphatic carbocycles. The molecule has 1 amide bonds. The molecule has 1 rings (SSSR count). The third-order valence-electron chi connectivity index (χ3n) is 3.94. The number of amides is 1. The van der Waals surface area contributed by atoms with E-state index in [0.29, 0.717) is 6.61 Å². The first kappa shape index (κ1) is 20.7. The third kappa shape index (κ3) is 5.32. The molecule has 0 radical (unpaired) electrons. The first-order chi connectivity index (χ1) is 11.5. The first-order valence-corrected chi connectivity index (χ1v) is 9.05. The lowest BCUT2D eigenvalue weighted by molar-refractivity contribution is -0.125. The SMILES string of the molecule is CCCCOCN(C(=O)C(Cl)C(C)=O)c1c(CC)cccc1CC. The van der Waals surface area contributed by atoms with Gasteiger partial charge in [-0.25, -0.2) is 0 Å². The van der Waals surface area contributed by atoms with Gasteiger partial charge in [0.25, 0.3) is 5.91 Å². The second kappa shape index (κ2) is 10.5. The fraction of sp³-hybridized carbons (Fsp3) is 0.579. The normalized spacial score (nSPS) is 12.0. The molecule has 5 heteroatoms. The van der Waals surface area contributed by atoms with Crippen molar-refractivity contribution < 1.29 is 14.3 Å². The summed E-state index contributed by atoms with van der Waals surface area (Å²) in [7, 11) is 0. The number of halogens is 1. The second-order valence-corrected chi connectivity index (χ2v) is 6.20. The van der Waals surface area contributed by atoms with Gasteiger partial charge in [0.05, 0.1) is 5.69 Å². The number of carbonyl (C=O) groups is 2. The van der Waals surface area contributed by atoms with Gasteiger partial charge in [-0.1, -0.05) is 45.4 Å². The van der Waals surface area contributed by atoms with Crippen LogP contribution < -0.4 is 4.90 Å². The lowest BCUT2D eigenvalue weighted by Gasteiger charge is -2.28. The van der Waals surface area contributed by atoms with E-state index in [1.807, 2.05) is 32.0 Å². The maximum atomic E-state index is 12.8. The molecule has 4 nitrogen and oxygen atoms in total. The van der Waals surface area contributed by atoms with E-state index in [1.54, 1.807) is 0 Å².